The molecule has 5 nitrogen and oxygen atoms in total. The summed E-state index contributed by atoms with van der Waals surface area (Å²) < 4.78 is 8.30. The highest BCUT2D eigenvalue weighted by Gasteiger charge is 2.12. The van der Waals surface area contributed by atoms with Crippen molar-refractivity contribution in [3.63, 3.8) is 0 Å². The predicted molar refractivity (Wildman–Crippen MR) is 72.9 cm³/mol. The molecule has 0 atom stereocenters. The number of fused-ring (bicyclic) bond motifs is 1. The number of hydrogen-bond donors (Lipinski definition) is 0. The molecule has 3 rings (SSSR count). The van der Waals surface area contributed by atoms with Crippen LogP contribution in [-0.2, 0) is 7.05 Å². The Hall–Kier alpha value is -2.56. The molecule has 0 saturated carbocycles. The zero-order valence-electron chi connectivity index (χ0n) is 10.7. The number of benzene rings is 1. The lowest BCUT2D eigenvalue weighted by Gasteiger charge is -2.04. The SMILES string of the molecule is COc1ccc(-n2c(=O)n(C)c3cccnc32)cc1. The van der Waals surface area contributed by atoms with Gasteiger partial charge in [-0.2, -0.15) is 0 Å². The number of imidazole rings is 1. The molecule has 2 heterocycles. The average molecular weight is 255 g/mol. The van der Waals surface area contributed by atoms with Crippen molar-refractivity contribution < 1.29 is 4.74 Å². The van der Waals surface area contributed by atoms with E-state index in [0.717, 1.165) is 17.0 Å². The molecule has 0 unspecified atom stereocenters. The highest BCUT2D eigenvalue weighted by Crippen LogP contribution is 2.17. The van der Waals surface area contributed by atoms with Gasteiger partial charge >= 0.3 is 5.69 Å². The Morgan fingerprint density at radius 2 is 1.89 bits per heavy atom. The van der Waals surface area contributed by atoms with Crippen molar-refractivity contribution in [1.29, 1.82) is 0 Å². The van der Waals surface area contributed by atoms with Crippen molar-refractivity contribution in [2.75, 3.05) is 7.11 Å². The smallest absolute Gasteiger partial charge is 0.334 e. The van der Waals surface area contributed by atoms with Crippen LogP contribution in [0.25, 0.3) is 16.9 Å². The maximum Gasteiger partial charge on any atom is 0.334 e. The second-order valence-corrected chi connectivity index (χ2v) is 4.22. The van der Waals surface area contributed by atoms with E-state index in [1.54, 1.807) is 29.5 Å². The Morgan fingerprint density at radius 1 is 1.16 bits per heavy atom. The molecule has 0 radical (unpaired) electrons. The van der Waals surface area contributed by atoms with E-state index < -0.39 is 0 Å². The topological polar surface area (TPSA) is 49.0 Å². The summed E-state index contributed by atoms with van der Waals surface area (Å²) in [5.74, 6) is 0.755. The van der Waals surface area contributed by atoms with Gasteiger partial charge in [0, 0.05) is 13.2 Å². The van der Waals surface area contributed by atoms with Crippen LogP contribution in [0.1, 0.15) is 0 Å². The number of nitrogens with zero attached hydrogens (tertiary/aromatic N) is 3. The van der Waals surface area contributed by atoms with E-state index in [1.165, 1.54) is 0 Å². The lowest BCUT2D eigenvalue weighted by Crippen LogP contribution is -2.20. The fraction of sp³-hybridized carbons (Fsp3) is 0.143. The van der Waals surface area contributed by atoms with Crippen molar-refractivity contribution in [3.8, 4) is 11.4 Å². The number of hydrogen-bond acceptors (Lipinski definition) is 3. The van der Waals surface area contributed by atoms with Gasteiger partial charge in [-0.1, -0.05) is 0 Å². The van der Waals surface area contributed by atoms with E-state index in [0.29, 0.717) is 5.65 Å². The summed E-state index contributed by atoms with van der Waals surface area (Å²) in [5, 5.41) is 0. The third-order valence-electron chi connectivity index (χ3n) is 3.15. The molecule has 0 aliphatic rings. The first kappa shape index (κ1) is 11.5. The van der Waals surface area contributed by atoms with Gasteiger partial charge < -0.3 is 4.74 Å². The molecule has 0 bridgehead atoms. The summed E-state index contributed by atoms with van der Waals surface area (Å²) in [5.41, 5.74) is 2.12. The first-order valence-corrected chi connectivity index (χ1v) is 5.89. The summed E-state index contributed by atoms with van der Waals surface area (Å²) in [4.78, 5) is 16.6. The van der Waals surface area contributed by atoms with Crippen LogP contribution in [0.5, 0.6) is 5.75 Å². The van der Waals surface area contributed by atoms with E-state index in [9.17, 15) is 4.79 Å². The summed E-state index contributed by atoms with van der Waals surface area (Å²) >= 11 is 0. The summed E-state index contributed by atoms with van der Waals surface area (Å²) in [6, 6.07) is 11.0. The molecule has 5 heteroatoms. The van der Waals surface area contributed by atoms with Gasteiger partial charge in [0.2, 0.25) is 0 Å². The van der Waals surface area contributed by atoms with Gasteiger partial charge in [0.1, 0.15) is 5.75 Å². The van der Waals surface area contributed by atoms with Crippen LogP contribution in [0.15, 0.2) is 47.4 Å². The molecule has 0 aliphatic heterocycles. The van der Waals surface area contributed by atoms with Crippen molar-refractivity contribution in [1.82, 2.24) is 14.1 Å². The number of methoxy groups -OCH3 is 1. The second kappa shape index (κ2) is 4.28. The third-order valence-corrected chi connectivity index (χ3v) is 3.15. The van der Waals surface area contributed by atoms with Crippen molar-refractivity contribution >= 4 is 11.2 Å². The quantitative estimate of drug-likeness (QED) is 0.700. The molecule has 3 aromatic rings. The number of pyridine rings is 1. The molecular weight excluding hydrogens is 242 g/mol. The van der Waals surface area contributed by atoms with Gasteiger partial charge in [-0.25, -0.2) is 14.3 Å². The summed E-state index contributed by atoms with van der Waals surface area (Å²) in [7, 11) is 3.35. The minimum Gasteiger partial charge on any atom is -0.497 e. The Bertz CT molecular complexity index is 785. The third kappa shape index (κ3) is 1.71. The van der Waals surface area contributed by atoms with Gasteiger partial charge in [0.25, 0.3) is 0 Å². The van der Waals surface area contributed by atoms with Gasteiger partial charge in [0.15, 0.2) is 5.65 Å². The van der Waals surface area contributed by atoms with Crippen LogP contribution < -0.4 is 10.4 Å². The average Bonchev–Trinajstić information content (AvgIpc) is 2.72. The Kier molecular flexibility index (Phi) is 2.59. The molecular formula is C14H13N3O2. The minimum absolute atomic E-state index is 0.112. The van der Waals surface area contributed by atoms with E-state index in [-0.39, 0.29) is 5.69 Å². The first-order valence-electron chi connectivity index (χ1n) is 5.89. The van der Waals surface area contributed by atoms with Crippen molar-refractivity contribution in [2.45, 2.75) is 0 Å². The number of aromatic nitrogens is 3. The highest BCUT2D eigenvalue weighted by atomic mass is 16.5. The van der Waals surface area contributed by atoms with E-state index in [2.05, 4.69) is 4.98 Å². The van der Waals surface area contributed by atoms with Crippen LogP contribution in [0.3, 0.4) is 0 Å². The van der Waals surface area contributed by atoms with Gasteiger partial charge in [-0.15, -0.1) is 0 Å². The fourth-order valence-electron chi connectivity index (χ4n) is 2.13. The van der Waals surface area contributed by atoms with Crippen LogP contribution in [0.2, 0.25) is 0 Å². The monoisotopic (exact) mass is 255 g/mol. The van der Waals surface area contributed by atoms with Gasteiger partial charge in [-0.3, -0.25) is 4.57 Å². The number of rotatable bonds is 2. The maximum absolute atomic E-state index is 12.3. The van der Waals surface area contributed by atoms with Crippen molar-refractivity contribution in [3.05, 3.63) is 53.1 Å². The summed E-state index contributed by atoms with van der Waals surface area (Å²) in [6.07, 6.45) is 1.68. The Morgan fingerprint density at radius 3 is 2.58 bits per heavy atom. The number of ether oxygens (including phenoxy) is 1. The minimum atomic E-state index is -0.112. The normalized spacial score (nSPS) is 10.8. The highest BCUT2D eigenvalue weighted by molar-refractivity contribution is 5.73. The maximum atomic E-state index is 12.3. The van der Waals surface area contributed by atoms with Crippen molar-refractivity contribution in [2.24, 2.45) is 7.05 Å². The lowest BCUT2D eigenvalue weighted by molar-refractivity contribution is 0.414. The number of aryl methyl sites for hydroxylation is 1. The fourth-order valence-corrected chi connectivity index (χ4v) is 2.13. The van der Waals surface area contributed by atoms with Crippen LogP contribution >= 0.6 is 0 Å². The Balaban J connectivity index is 2.29. The van der Waals surface area contributed by atoms with Gasteiger partial charge in [-0.05, 0) is 36.4 Å². The molecule has 0 saturated heterocycles. The molecule has 0 amide bonds. The molecule has 96 valence electrons. The molecule has 0 spiro atoms. The molecule has 0 N–H and O–H groups in total. The molecule has 0 aliphatic carbocycles. The first-order chi connectivity index (χ1) is 9.22. The predicted octanol–water partition coefficient (Wildman–Crippen LogP) is 1.73. The van der Waals surface area contributed by atoms with E-state index in [4.69, 9.17) is 4.74 Å². The van der Waals surface area contributed by atoms with Crippen LogP contribution in [-0.4, -0.2) is 21.2 Å². The summed E-state index contributed by atoms with van der Waals surface area (Å²) in [6.45, 7) is 0. The van der Waals surface area contributed by atoms with E-state index in [1.807, 2.05) is 36.4 Å². The zero-order valence-corrected chi connectivity index (χ0v) is 10.7. The molecule has 2 aromatic heterocycles. The molecule has 0 fully saturated rings. The largest absolute Gasteiger partial charge is 0.497 e. The molecule has 19 heavy (non-hydrogen) atoms. The van der Waals surface area contributed by atoms with Crippen LogP contribution in [0.4, 0.5) is 0 Å². The lowest BCUT2D eigenvalue weighted by atomic mass is 10.3. The molecule has 1 aromatic carbocycles. The standard InChI is InChI=1S/C14H13N3O2/c1-16-12-4-3-9-15-13(12)17(14(16)18)10-5-7-11(19-2)8-6-10/h3-9H,1-2H3. The Labute approximate surface area is 109 Å². The van der Waals surface area contributed by atoms with Gasteiger partial charge in [0.05, 0.1) is 18.3 Å². The van der Waals surface area contributed by atoms with Crippen LogP contribution in [0, 0.1) is 0 Å². The van der Waals surface area contributed by atoms with E-state index >= 15 is 0 Å². The second-order valence-electron chi connectivity index (χ2n) is 4.22. The zero-order chi connectivity index (χ0) is 13.4.